The molecular weight excluding hydrogens is 402 g/mol. The first-order valence-corrected chi connectivity index (χ1v) is 11.9. The van der Waals surface area contributed by atoms with Crippen LogP contribution in [-0.4, -0.2) is 46.5 Å². The highest BCUT2D eigenvalue weighted by Crippen LogP contribution is 2.51. The van der Waals surface area contributed by atoms with Crippen molar-refractivity contribution in [2.24, 2.45) is 5.92 Å². The topological polar surface area (TPSA) is 82.5 Å². The number of hydrogen-bond acceptors (Lipinski definition) is 4. The molecule has 0 saturated carbocycles. The molecule has 6 nitrogen and oxygen atoms in total. The van der Waals surface area contributed by atoms with Crippen LogP contribution in [0.4, 0.5) is 5.82 Å². The predicted molar refractivity (Wildman–Crippen MR) is 123 cm³/mol. The van der Waals surface area contributed by atoms with E-state index in [1.807, 2.05) is 17.0 Å². The summed E-state index contributed by atoms with van der Waals surface area (Å²) in [7, 11) is 0. The van der Waals surface area contributed by atoms with E-state index in [4.69, 9.17) is 4.98 Å². The van der Waals surface area contributed by atoms with Crippen LogP contribution in [0.15, 0.2) is 36.4 Å². The number of carboxylic acid groups (broad SMARTS) is 1. The van der Waals surface area contributed by atoms with Gasteiger partial charge in [0.25, 0.3) is 0 Å². The lowest BCUT2D eigenvalue weighted by atomic mass is 9.80. The van der Waals surface area contributed by atoms with Crippen LogP contribution in [0.25, 0.3) is 0 Å². The Morgan fingerprint density at radius 1 is 1.16 bits per heavy atom. The number of hydrogen-bond donors (Lipinski definition) is 2. The molecule has 1 aromatic carbocycles. The van der Waals surface area contributed by atoms with Gasteiger partial charge in [-0.1, -0.05) is 30.3 Å². The first-order valence-electron chi connectivity index (χ1n) is 11.9. The number of rotatable bonds is 6. The van der Waals surface area contributed by atoms with Crippen LogP contribution in [0, 0.1) is 5.92 Å². The van der Waals surface area contributed by atoms with Crippen molar-refractivity contribution in [1.82, 2.24) is 9.88 Å². The summed E-state index contributed by atoms with van der Waals surface area (Å²) < 4.78 is 0. The number of aryl methyl sites for hydroxylation is 2. The Balaban J connectivity index is 1.19. The largest absolute Gasteiger partial charge is 0.481 e. The molecule has 2 aromatic rings. The number of fused-ring (bicyclic) bond motifs is 4. The van der Waals surface area contributed by atoms with Gasteiger partial charge >= 0.3 is 5.97 Å². The van der Waals surface area contributed by atoms with E-state index in [-0.39, 0.29) is 24.2 Å². The van der Waals surface area contributed by atoms with Crippen molar-refractivity contribution >= 4 is 17.7 Å². The van der Waals surface area contributed by atoms with E-state index in [0.717, 1.165) is 56.7 Å². The Bertz CT molecular complexity index is 1020. The molecule has 5 rings (SSSR count). The molecule has 1 aromatic heterocycles. The van der Waals surface area contributed by atoms with Crippen molar-refractivity contribution < 1.29 is 14.7 Å². The van der Waals surface area contributed by atoms with Gasteiger partial charge in [-0.05, 0) is 72.6 Å². The molecule has 1 saturated heterocycles. The molecule has 0 bridgehead atoms. The number of nitrogens with zero attached hydrogens (tertiary/aromatic N) is 2. The number of anilines is 1. The highest BCUT2D eigenvalue weighted by Gasteiger charge is 2.44. The van der Waals surface area contributed by atoms with Crippen LogP contribution in [0.1, 0.15) is 66.3 Å². The van der Waals surface area contributed by atoms with Gasteiger partial charge in [-0.2, -0.15) is 0 Å². The third-order valence-corrected chi connectivity index (χ3v) is 7.49. The average Bonchev–Trinajstić information content (AvgIpc) is 3.11. The zero-order valence-corrected chi connectivity index (χ0v) is 18.4. The highest BCUT2D eigenvalue weighted by molar-refractivity contribution is 5.76. The number of nitrogens with one attached hydrogen (secondary N) is 1. The second-order valence-corrected chi connectivity index (χ2v) is 9.43. The smallest absolute Gasteiger partial charge is 0.303 e. The van der Waals surface area contributed by atoms with Crippen molar-refractivity contribution in [3.63, 3.8) is 0 Å². The molecule has 168 valence electrons. The van der Waals surface area contributed by atoms with Crippen molar-refractivity contribution in [2.45, 2.75) is 56.8 Å². The molecule has 3 aliphatic rings. The summed E-state index contributed by atoms with van der Waals surface area (Å²) in [4.78, 5) is 31.2. The van der Waals surface area contributed by atoms with Gasteiger partial charge < -0.3 is 15.3 Å². The average molecular weight is 434 g/mol. The summed E-state index contributed by atoms with van der Waals surface area (Å²) in [6.07, 6.45) is 5.39. The molecule has 0 spiro atoms. The monoisotopic (exact) mass is 433 g/mol. The van der Waals surface area contributed by atoms with E-state index in [1.54, 1.807) is 0 Å². The lowest BCUT2D eigenvalue weighted by Gasteiger charge is -2.37. The normalized spacial score (nSPS) is 23.6. The Morgan fingerprint density at radius 3 is 2.84 bits per heavy atom. The van der Waals surface area contributed by atoms with Crippen LogP contribution in [0.2, 0.25) is 0 Å². The molecule has 1 fully saturated rings. The van der Waals surface area contributed by atoms with Gasteiger partial charge in [0.2, 0.25) is 5.91 Å². The summed E-state index contributed by atoms with van der Waals surface area (Å²) in [5.41, 5.74) is 4.79. The number of pyridine rings is 1. The fourth-order valence-electron chi connectivity index (χ4n) is 5.96. The molecule has 2 N–H and O–H groups in total. The van der Waals surface area contributed by atoms with E-state index in [9.17, 15) is 14.7 Å². The minimum absolute atomic E-state index is 0.00324. The number of carboxylic acids is 1. The van der Waals surface area contributed by atoms with E-state index < -0.39 is 5.97 Å². The molecule has 32 heavy (non-hydrogen) atoms. The van der Waals surface area contributed by atoms with Crippen molar-refractivity contribution in [3.8, 4) is 0 Å². The Hall–Kier alpha value is -2.89. The van der Waals surface area contributed by atoms with E-state index in [1.165, 1.54) is 16.7 Å². The van der Waals surface area contributed by atoms with Gasteiger partial charge in [-0.25, -0.2) is 4.98 Å². The summed E-state index contributed by atoms with van der Waals surface area (Å²) in [6.45, 7) is 2.40. The first kappa shape index (κ1) is 21.0. The maximum Gasteiger partial charge on any atom is 0.303 e. The second-order valence-electron chi connectivity index (χ2n) is 9.43. The molecule has 0 radical (unpaired) electrons. The third-order valence-electron chi connectivity index (χ3n) is 7.49. The molecule has 2 unspecified atom stereocenters. The van der Waals surface area contributed by atoms with Gasteiger partial charge in [0.05, 0.1) is 6.42 Å². The van der Waals surface area contributed by atoms with Crippen LogP contribution < -0.4 is 5.32 Å². The van der Waals surface area contributed by atoms with Crippen LogP contribution in [-0.2, 0) is 22.4 Å². The third kappa shape index (κ3) is 4.10. The SMILES string of the molecule is O=C(O)C[C@@H]1c2ccccc2C2CCN(C(=O)CCCc3ccc4c(n3)NCCC4)CC21. The number of carbonyl (C=O) groups excluding carboxylic acids is 1. The number of carbonyl (C=O) groups is 2. The summed E-state index contributed by atoms with van der Waals surface area (Å²) in [6, 6.07) is 12.5. The van der Waals surface area contributed by atoms with Crippen molar-refractivity contribution in [1.29, 1.82) is 0 Å². The second kappa shape index (κ2) is 8.93. The quantitative estimate of drug-likeness (QED) is 0.720. The standard InChI is InChI=1S/C26H31N3O3/c30-24(9-3-6-18-11-10-17-5-4-13-27-26(17)28-18)29-14-12-21-19-7-1-2-8-20(19)22(15-25(31)32)23(21)16-29/h1-2,7-8,10-11,21-23H,3-6,9,12-16H2,(H,27,28)(H,31,32)/t21?,22-,23?/m1/s1. The molecular formula is C26H31N3O3. The van der Waals surface area contributed by atoms with Crippen molar-refractivity contribution in [2.75, 3.05) is 25.0 Å². The lowest BCUT2D eigenvalue weighted by Crippen LogP contribution is -2.43. The molecule has 6 heteroatoms. The number of piperidine rings is 1. The van der Waals surface area contributed by atoms with Gasteiger partial charge in [0.1, 0.15) is 5.82 Å². The fourth-order valence-corrected chi connectivity index (χ4v) is 5.96. The number of benzene rings is 1. The summed E-state index contributed by atoms with van der Waals surface area (Å²) in [5.74, 6) is 0.996. The molecule has 3 heterocycles. The molecule has 3 atom stereocenters. The Morgan fingerprint density at radius 2 is 2.00 bits per heavy atom. The molecule has 1 aliphatic carbocycles. The fraction of sp³-hybridized carbons (Fsp3) is 0.500. The van der Waals surface area contributed by atoms with Gasteiger partial charge in [0.15, 0.2) is 0 Å². The van der Waals surface area contributed by atoms with Crippen molar-refractivity contribution in [3.05, 3.63) is 58.8 Å². The number of likely N-dealkylation sites (tertiary alicyclic amines) is 1. The molecule has 2 aliphatic heterocycles. The molecule has 1 amide bonds. The maximum absolute atomic E-state index is 13.0. The van der Waals surface area contributed by atoms with Crippen LogP contribution in [0.3, 0.4) is 0 Å². The van der Waals surface area contributed by atoms with Crippen LogP contribution >= 0.6 is 0 Å². The van der Waals surface area contributed by atoms with Gasteiger partial charge in [0, 0.05) is 31.7 Å². The minimum atomic E-state index is -0.763. The van der Waals surface area contributed by atoms with Gasteiger partial charge in [-0.15, -0.1) is 0 Å². The number of aliphatic carboxylic acids is 1. The number of aromatic nitrogens is 1. The highest BCUT2D eigenvalue weighted by atomic mass is 16.4. The Kier molecular flexibility index (Phi) is 5.85. The summed E-state index contributed by atoms with van der Waals surface area (Å²) in [5, 5.41) is 12.8. The number of amides is 1. The van der Waals surface area contributed by atoms with Crippen LogP contribution in [0.5, 0.6) is 0 Å². The minimum Gasteiger partial charge on any atom is -0.481 e. The lowest BCUT2D eigenvalue weighted by molar-refractivity contribution is -0.138. The predicted octanol–water partition coefficient (Wildman–Crippen LogP) is 3.97. The van der Waals surface area contributed by atoms with E-state index >= 15 is 0 Å². The summed E-state index contributed by atoms with van der Waals surface area (Å²) >= 11 is 0. The zero-order valence-electron chi connectivity index (χ0n) is 18.4. The van der Waals surface area contributed by atoms with E-state index in [0.29, 0.717) is 18.9 Å². The first-order chi connectivity index (χ1) is 15.6. The van der Waals surface area contributed by atoms with E-state index in [2.05, 4.69) is 29.6 Å². The maximum atomic E-state index is 13.0. The zero-order chi connectivity index (χ0) is 22.1. The van der Waals surface area contributed by atoms with Gasteiger partial charge in [-0.3, -0.25) is 9.59 Å². The Labute approximate surface area is 189 Å².